The second-order valence-electron chi connectivity index (χ2n) is 4.96. The zero-order chi connectivity index (χ0) is 14.7. The van der Waals surface area contributed by atoms with Crippen LogP contribution in [0.1, 0.15) is 5.56 Å². The van der Waals surface area contributed by atoms with Crippen LogP contribution in [0.3, 0.4) is 0 Å². The fourth-order valence-electron chi connectivity index (χ4n) is 2.37. The summed E-state index contributed by atoms with van der Waals surface area (Å²) in [5.41, 5.74) is 0.951. The van der Waals surface area contributed by atoms with Gasteiger partial charge in [-0.25, -0.2) is 4.39 Å². The Kier molecular flexibility index (Phi) is 4.13. The first kappa shape index (κ1) is 14.0. The van der Waals surface area contributed by atoms with Crippen LogP contribution in [0.15, 0.2) is 78.9 Å². The molecule has 0 aliphatic heterocycles. The van der Waals surface area contributed by atoms with Crippen LogP contribution in [0.5, 0.6) is 0 Å². The molecule has 3 aromatic carbocycles. The molecule has 0 nitrogen and oxygen atoms in total. The summed E-state index contributed by atoms with van der Waals surface area (Å²) in [5.74, 6) is -0.117. The smallest absolute Gasteiger partial charge is 0.131 e. The highest BCUT2D eigenvalue weighted by molar-refractivity contribution is 7.79. The van der Waals surface area contributed by atoms with Gasteiger partial charge in [-0.2, -0.15) is 0 Å². The van der Waals surface area contributed by atoms with Gasteiger partial charge < -0.3 is 0 Å². The molecule has 3 rings (SSSR count). The van der Waals surface area contributed by atoms with Crippen LogP contribution in [0.25, 0.3) is 0 Å². The van der Waals surface area contributed by atoms with Crippen molar-refractivity contribution in [1.82, 2.24) is 0 Å². The van der Waals surface area contributed by atoms with Gasteiger partial charge in [0, 0.05) is 5.30 Å². The van der Waals surface area contributed by atoms with Gasteiger partial charge in [0.1, 0.15) is 5.82 Å². The summed E-state index contributed by atoms with van der Waals surface area (Å²) >= 11 is 0. The van der Waals surface area contributed by atoms with Crippen LogP contribution < -0.4 is 15.9 Å². The predicted octanol–water partition coefficient (Wildman–Crippen LogP) is 3.89. The zero-order valence-electron chi connectivity index (χ0n) is 11.8. The molecule has 21 heavy (non-hydrogen) atoms. The summed E-state index contributed by atoms with van der Waals surface area (Å²) in [4.78, 5) is 0. The van der Waals surface area contributed by atoms with E-state index in [4.69, 9.17) is 0 Å². The van der Waals surface area contributed by atoms with Gasteiger partial charge in [-0.15, -0.1) is 0 Å². The summed E-state index contributed by atoms with van der Waals surface area (Å²) in [6, 6.07) is 25.9. The molecule has 3 aromatic rings. The number of halogens is 1. The fraction of sp³-hybridized carbons (Fsp3) is 0.0526. The topological polar surface area (TPSA) is 0 Å². The highest BCUT2D eigenvalue weighted by Crippen LogP contribution is 2.33. The molecule has 0 saturated heterocycles. The first-order valence-electron chi connectivity index (χ1n) is 6.92. The van der Waals surface area contributed by atoms with Crippen molar-refractivity contribution in [2.45, 2.75) is 6.92 Å². The molecule has 0 aromatic heterocycles. The number of aryl methyl sites for hydroxylation is 1. The number of benzene rings is 3. The van der Waals surface area contributed by atoms with E-state index in [1.54, 1.807) is 6.07 Å². The normalized spacial score (nSPS) is 10.8. The average molecular weight is 294 g/mol. The van der Waals surface area contributed by atoms with Crippen LogP contribution in [0.2, 0.25) is 0 Å². The molecule has 0 bridgehead atoms. The Morgan fingerprint density at radius 1 is 0.714 bits per heavy atom. The maximum absolute atomic E-state index is 14.5. The Balaban J connectivity index is 2.17. The van der Waals surface area contributed by atoms with Crippen molar-refractivity contribution in [3.63, 3.8) is 0 Å². The first-order chi connectivity index (χ1) is 10.3. The molecular formula is C19H16FP. The van der Waals surface area contributed by atoms with Gasteiger partial charge in [0.25, 0.3) is 0 Å². The van der Waals surface area contributed by atoms with Gasteiger partial charge in [0.2, 0.25) is 0 Å². The molecule has 0 amide bonds. The van der Waals surface area contributed by atoms with Gasteiger partial charge in [-0.05, 0) is 37.1 Å². The van der Waals surface area contributed by atoms with E-state index in [0.29, 0.717) is 0 Å². The molecule has 0 radical (unpaired) electrons. The van der Waals surface area contributed by atoms with Crippen molar-refractivity contribution in [3.8, 4) is 0 Å². The van der Waals surface area contributed by atoms with Gasteiger partial charge >= 0.3 is 0 Å². The van der Waals surface area contributed by atoms with E-state index in [9.17, 15) is 4.39 Å². The zero-order valence-corrected chi connectivity index (χ0v) is 12.7. The molecule has 0 saturated carbocycles. The third kappa shape index (κ3) is 3.04. The lowest BCUT2D eigenvalue weighted by Crippen LogP contribution is -2.22. The van der Waals surface area contributed by atoms with Crippen LogP contribution >= 0.6 is 7.92 Å². The summed E-state index contributed by atoms with van der Waals surface area (Å²) in [7, 11) is -0.854. The van der Waals surface area contributed by atoms with E-state index in [1.807, 2.05) is 55.5 Å². The van der Waals surface area contributed by atoms with Crippen LogP contribution in [0.4, 0.5) is 4.39 Å². The number of hydrogen-bond donors (Lipinski definition) is 0. The quantitative estimate of drug-likeness (QED) is 0.643. The van der Waals surface area contributed by atoms with Gasteiger partial charge in [-0.3, -0.25) is 0 Å². The SMILES string of the molecule is Cc1ccc(P(c2ccccc2)c2ccccc2)c(F)c1. The number of rotatable bonds is 3. The Bertz CT molecular complexity index is 684. The lowest BCUT2D eigenvalue weighted by molar-refractivity contribution is 0.635. The third-order valence-electron chi connectivity index (χ3n) is 3.37. The minimum atomic E-state index is -0.854. The summed E-state index contributed by atoms with van der Waals surface area (Å²) in [6.07, 6.45) is 0. The average Bonchev–Trinajstić information content (AvgIpc) is 2.52. The van der Waals surface area contributed by atoms with Crippen LogP contribution in [0, 0.1) is 12.7 Å². The summed E-state index contributed by atoms with van der Waals surface area (Å²) < 4.78 is 14.5. The van der Waals surface area contributed by atoms with Crippen molar-refractivity contribution in [2.75, 3.05) is 0 Å². The minimum absolute atomic E-state index is 0.117. The molecule has 0 aliphatic rings. The maximum Gasteiger partial charge on any atom is 0.131 e. The van der Waals surface area contributed by atoms with Gasteiger partial charge in [0.05, 0.1) is 0 Å². The Morgan fingerprint density at radius 2 is 1.24 bits per heavy atom. The lowest BCUT2D eigenvalue weighted by Gasteiger charge is -2.20. The first-order valence-corrected chi connectivity index (χ1v) is 8.26. The molecule has 0 heterocycles. The van der Waals surface area contributed by atoms with E-state index in [0.717, 1.165) is 10.9 Å². The minimum Gasteiger partial charge on any atom is -0.206 e. The fourth-order valence-corrected chi connectivity index (χ4v) is 4.67. The Morgan fingerprint density at radius 3 is 1.71 bits per heavy atom. The second-order valence-corrected chi connectivity index (χ2v) is 7.15. The molecule has 2 heteroatoms. The van der Waals surface area contributed by atoms with Crippen molar-refractivity contribution in [3.05, 3.63) is 90.2 Å². The molecule has 0 N–H and O–H groups in total. The molecule has 0 fully saturated rings. The highest BCUT2D eigenvalue weighted by atomic mass is 31.1. The van der Waals surface area contributed by atoms with Crippen molar-refractivity contribution in [2.24, 2.45) is 0 Å². The standard InChI is InChI=1S/C19H16FP/c1-15-12-13-19(18(20)14-15)21(16-8-4-2-5-9-16)17-10-6-3-7-11-17/h2-14H,1H3. The molecule has 104 valence electrons. The predicted molar refractivity (Wildman–Crippen MR) is 89.8 cm³/mol. The Labute approximate surface area is 126 Å². The van der Waals surface area contributed by atoms with Gasteiger partial charge in [0.15, 0.2) is 0 Å². The molecule has 0 unspecified atom stereocenters. The summed E-state index contributed by atoms with van der Waals surface area (Å²) in [6.45, 7) is 1.92. The summed E-state index contributed by atoms with van der Waals surface area (Å²) in [5, 5.41) is 3.12. The molecule has 0 aliphatic carbocycles. The molecule has 0 atom stereocenters. The van der Waals surface area contributed by atoms with Crippen molar-refractivity contribution in [1.29, 1.82) is 0 Å². The molecule has 0 spiro atoms. The lowest BCUT2D eigenvalue weighted by atomic mass is 10.2. The van der Waals surface area contributed by atoms with Crippen molar-refractivity contribution < 1.29 is 4.39 Å². The van der Waals surface area contributed by atoms with E-state index < -0.39 is 7.92 Å². The maximum atomic E-state index is 14.5. The van der Waals surface area contributed by atoms with Gasteiger partial charge in [-0.1, -0.05) is 72.8 Å². The monoisotopic (exact) mass is 294 g/mol. The largest absolute Gasteiger partial charge is 0.206 e. The third-order valence-corrected chi connectivity index (χ3v) is 5.85. The van der Waals surface area contributed by atoms with E-state index in [2.05, 4.69) is 24.3 Å². The van der Waals surface area contributed by atoms with Crippen LogP contribution in [-0.4, -0.2) is 0 Å². The second kappa shape index (κ2) is 6.20. The van der Waals surface area contributed by atoms with Crippen LogP contribution in [-0.2, 0) is 0 Å². The van der Waals surface area contributed by atoms with E-state index >= 15 is 0 Å². The molecular weight excluding hydrogens is 278 g/mol. The Hall–Kier alpha value is -1.98. The van der Waals surface area contributed by atoms with Crippen molar-refractivity contribution >= 4 is 23.8 Å². The number of hydrogen-bond acceptors (Lipinski definition) is 0. The highest BCUT2D eigenvalue weighted by Gasteiger charge is 2.19. The van der Waals surface area contributed by atoms with E-state index in [1.165, 1.54) is 10.6 Å². The van der Waals surface area contributed by atoms with E-state index in [-0.39, 0.29) is 5.82 Å².